The normalized spacial score (nSPS) is 17.8. The van der Waals surface area contributed by atoms with Gasteiger partial charge < -0.3 is 0 Å². The van der Waals surface area contributed by atoms with E-state index in [2.05, 4.69) is 24.1 Å². The third kappa shape index (κ3) is 2.17. The van der Waals surface area contributed by atoms with Crippen molar-refractivity contribution in [3.63, 3.8) is 0 Å². The highest BCUT2D eigenvalue weighted by Crippen LogP contribution is 2.19. The van der Waals surface area contributed by atoms with E-state index in [1.807, 2.05) is 22.7 Å². The van der Waals surface area contributed by atoms with Gasteiger partial charge in [-0.2, -0.15) is 0 Å². The molecule has 0 saturated carbocycles. The van der Waals surface area contributed by atoms with E-state index in [4.69, 9.17) is 0 Å². The van der Waals surface area contributed by atoms with Crippen LogP contribution in [-0.2, 0) is 0 Å². The smallest absolute Gasteiger partial charge is 0.212 e. The minimum atomic E-state index is 1.19. The number of nitrogens with zero attached hydrogens (tertiary/aromatic N) is 1. The Morgan fingerprint density at radius 3 is 2.38 bits per heavy atom. The van der Waals surface area contributed by atoms with Crippen molar-refractivity contribution < 1.29 is 0 Å². The highest BCUT2D eigenvalue weighted by Gasteiger charge is 2.14. The van der Waals surface area contributed by atoms with Crippen molar-refractivity contribution in [3.8, 4) is 0 Å². The molecule has 1 aliphatic rings. The lowest BCUT2D eigenvalue weighted by molar-refractivity contribution is 0.459. The van der Waals surface area contributed by atoms with Gasteiger partial charge in [-0.25, -0.2) is 4.58 Å². The lowest BCUT2D eigenvalue weighted by atomic mass is 10.2. The van der Waals surface area contributed by atoms with Crippen molar-refractivity contribution in [1.29, 1.82) is 0 Å². The Morgan fingerprint density at radius 2 is 1.85 bits per heavy atom. The Kier molecular flexibility index (Phi) is 3.11. The van der Waals surface area contributed by atoms with Gasteiger partial charge in [-0.05, 0) is 13.3 Å². The van der Waals surface area contributed by atoms with Crippen LogP contribution in [0, 0.1) is 6.92 Å². The van der Waals surface area contributed by atoms with E-state index >= 15 is 0 Å². The van der Waals surface area contributed by atoms with E-state index < -0.39 is 0 Å². The zero-order chi connectivity index (χ0) is 9.26. The molecule has 0 bridgehead atoms. The first-order valence-corrected chi connectivity index (χ1v) is 6.73. The second-order valence-electron chi connectivity index (χ2n) is 3.38. The van der Waals surface area contributed by atoms with Crippen LogP contribution < -0.4 is 8.56 Å². The fourth-order valence-electron chi connectivity index (χ4n) is 1.56. The predicted octanol–water partition coefficient (Wildman–Crippen LogP) is 2.36. The van der Waals surface area contributed by atoms with Gasteiger partial charge in [-0.1, -0.05) is 22.7 Å². The Balaban J connectivity index is 2.40. The van der Waals surface area contributed by atoms with Gasteiger partial charge in [-0.15, -0.1) is 12.6 Å². The zero-order valence-electron chi connectivity index (χ0n) is 7.75. The van der Waals surface area contributed by atoms with Crippen molar-refractivity contribution in [2.75, 3.05) is 13.1 Å². The Bertz CT molecular complexity index is 331. The van der Waals surface area contributed by atoms with E-state index in [9.17, 15) is 0 Å². The van der Waals surface area contributed by atoms with Crippen LogP contribution in [-0.4, -0.2) is 13.1 Å². The number of rotatable bonds is 0. The average molecular weight is 232 g/mol. The number of aryl methyl sites for hydroxylation is 1. The lowest BCUT2D eigenvalue weighted by Crippen LogP contribution is -2.31. The molecule has 0 atom stereocenters. The maximum atomic E-state index is 4.44. The van der Waals surface area contributed by atoms with Crippen LogP contribution in [0.4, 0.5) is 0 Å². The summed E-state index contributed by atoms with van der Waals surface area (Å²) in [6.07, 6.45) is 4.11. The van der Waals surface area contributed by atoms with Crippen molar-refractivity contribution in [2.45, 2.75) is 30.4 Å². The van der Waals surface area contributed by atoms with Crippen LogP contribution >= 0.6 is 35.3 Å². The molecule has 0 radical (unpaired) electrons. The van der Waals surface area contributed by atoms with Gasteiger partial charge in [0.1, 0.15) is 13.1 Å². The summed E-state index contributed by atoms with van der Waals surface area (Å²) in [6.45, 7) is 4.63. The molecule has 1 aromatic rings. The fourth-order valence-corrected chi connectivity index (χ4v) is 4.46. The van der Waals surface area contributed by atoms with Crippen LogP contribution in [0.2, 0.25) is 0 Å². The summed E-state index contributed by atoms with van der Waals surface area (Å²) in [5, 5.41) is 0. The van der Waals surface area contributed by atoms with Crippen molar-refractivity contribution in [3.05, 3.63) is 8.86 Å². The summed E-state index contributed by atoms with van der Waals surface area (Å²) in [5.41, 5.74) is 0. The third-order valence-corrected chi connectivity index (χ3v) is 5.61. The molecule has 1 aromatic heterocycles. The summed E-state index contributed by atoms with van der Waals surface area (Å²) in [7, 11) is 0. The molecular weight excluding hydrogens is 218 g/mol. The van der Waals surface area contributed by atoms with Crippen molar-refractivity contribution in [1.82, 2.24) is 4.58 Å². The third-order valence-electron chi connectivity index (χ3n) is 2.34. The molecule has 0 unspecified atom stereocenters. The molecule has 0 amide bonds. The Morgan fingerprint density at radius 1 is 1.15 bits per heavy atom. The van der Waals surface area contributed by atoms with Crippen molar-refractivity contribution in [2.24, 2.45) is 0 Å². The summed E-state index contributed by atoms with van der Waals surface area (Å²) in [6, 6.07) is 0. The zero-order valence-corrected chi connectivity index (χ0v) is 10.3. The molecule has 72 valence electrons. The van der Waals surface area contributed by atoms with Crippen LogP contribution in [0.3, 0.4) is 0 Å². The van der Waals surface area contributed by atoms with E-state index in [-0.39, 0.29) is 0 Å². The molecule has 2 rings (SSSR count). The quantitative estimate of drug-likeness (QED) is 0.517. The van der Waals surface area contributed by atoms with Gasteiger partial charge in [0.25, 0.3) is 0 Å². The van der Waals surface area contributed by atoms with E-state index in [1.165, 1.54) is 45.4 Å². The van der Waals surface area contributed by atoms with Gasteiger partial charge in [0.05, 0.1) is 4.21 Å². The fraction of sp³-hybridized carbons (Fsp3) is 0.667. The Hall–Kier alpha value is 0.200. The minimum absolute atomic E-state index is 1.19. The SMILES string of the molecule is Cc1sc(=[N+]2CCCCC2)sc1S. The number of hydrogen-bond donors (Lipinski definition) is 1. The second kappa shape index (κ2) is 4.15. The first-order valence-electron chi connectivity index (χ1n) is 4.65. The predicted molar refractivity (Wildman–Crippen MR) is 63.0 cm³/mol. The lowest BCUT2D eigenvalue weighted by Gasteiger charge is -2.07. The molecule has 1 aliphatic heterocycles. The van der Waals surface area contributed by atoms with Crippen LogP contribution in [0.25, 0.3) is 0 Å². The number of piperidine rings is 1. The topological polar surface area (TPSA) is 3.01 Å². The van der Waals surface area contributed by atoms with Crippen LogP contribution in [0.5, 0.6) is 0 Å². The largest absolute Gasteiger partial charge is 0.315 e. The highest BCUT2D eigenvalue weighted by atomic mass is 32.2. The maximum absolute atomic E-state index is 4.44. The average Bonchev–Trinajstić information content (AvgIpc) is 2.49. The molecule has 2 heterocycles. The standard InChI is InChI=1S/C9H13NS3/c1-7-8(11)13-9(12-7)10-5-3-2-4-6-10/h2-6H2,1H3/p+1. The van der Waals surface area contributed by atoms with E-state index in [1.54, 1.807) is 0 Å². The molecule has 1 nitrogen and oxygen atoms in total. The minimum Gasteiger partial charge on any atom is -0.212 e. The second-order valence-corrected chi connectivity index (χ2v) is 6.59. The van der Waals surface area contributed by atoms with Gasteiger partial charge in [0, 0.05) is 17.7 Å². The highest BCUT2D eigenvalue weighted by molar-refractivity contribution is 7.83. The molecule has 1 fully saturated rings. The first-order chi connectivity index (χ1) is 6.27. The molecule has 0 aromatic carbocycles. The van der Waals surface area contributed by atoms with Crippen molar-refractivity contribution >= 4 is 35.3 Å². The molecule has 4 heteroatoms. The van der Waals surface area contributed by atoms with Gasteiger partial charge in [-0.3, -0.25) is 0 Å². The summed E-state index contributed by atoms with van der Waals surface area (Å²) >= 11 is 8.16. The van der Waals surface area contributed by atoms with Gasteiger partial charge in [0.2, 0.25) is 0 Å². The van der Waals surface area contributed by atoms with Crippen LogP contribution in [0.15, 0.2) is 4.21 Å². The maximum Gasteiger partial charge on any atom is 0.315 e. The number of hydrogen-bond acceptors (Lipinski definition) is 3. The summed E-state index contributed by atoms with van der Waals surface area (Å²) in [5.74, 6) is 0. The van der Waals surface area contributed by atoms with Crippen LogP contribution in [0.1, 0.15) is 24.1 Å². The van der Waals surface area contributed by atoms with E-state index in [0.717, 1.165) is 0 Å². The summed E-state index contributed by atoms with van der Waals surface area (Å²) in [4.78, 5) is 1.36. The first kappa shape index (κ1) is 9.74. The van der Waals surface area contributed by atoms with Gasteiger partial charge in [0.15, 0.2) is 0 Å². The molecule has 13 heavy (non-hydrogen) atoms. The molecule has 0 spiro atoms. The monoisotopic (exact) mass is 232 g/mol. The number of thiol groups is 1. The molecule has 0 aliphatic carbocycles. The van der Waals surface area contributed by atoms with E-state index in [0.29, 0.717) is 0 Å². The molecule has 1 saturated heterocycles. The molecule has 0 N–H and O–H groups in total. The van der Waals surface area contributed by atoms with Gasteiger partial charge >= 0.3 is 3.98 Å². The Labute approximate surface area is 92.2 Å². The summed E-state index contributed by atoms with van der Waals surface area (Å²) < 4.78 is 5.14. The molecular formula is C9H14NS3+.